The van der Waals surface area contributed by atoms with Crippen molar-refractivity contribution in [1.29, 1.82) is 0 Å². The molecule has 0 aromatic rings. The van der Waals surface area contributed by atoms with Gasteiger partial charge in [0.25, 0.3) is 0 Å². The lowest BCUT2D eigenvalue weighted by Crippen LogP contribution is -2.63. The van der Waals surface area contributed by atoms with Gasteiger partial charge in [-0.15, -0.1) is 0 Å². The van der Waals surface area contributed by atoms with Crippen molar-refractivity contribution in [2.24, 2.45) is 5.92 Å². The molecular formula is C11H11F9O2. The van der Waals surface area contributed by atoms with Crippen LogP contribution in [0.1, 0.15) is 13.3 Å². The zero-order valence-electron chi connectivity index (χ0n) is 11.0. The molecule has 0 amide bonds. The second-order valence-electron chi connectivity index (χ2n) is 4.21. The summed E-state index contributed by atoms with van der Waals surface area (Å²) >= 11 is 0. The molecular weight excluding hydrogens is 335 g/mol. The van der Waals surface area contributed by atoms with Gasteiger partial charge in [0.05, 0.1) is 5.92 Å². The molecule has 130 valence electrons. The van der Waals surface area contributed by atoms with Crippen molar-refractivity contribution in [3.63, 3.8) is 0 Å². The first kappa shape index (κ1) is 20.6. The van der Waals surface area contributed by atoms with Crippen LogP contribution in [-0.4, -0.2) is 36.5 Å². The molecule has 0 heterocycles. The van der Waals surface area contributed by atoms with Crippen molar-refractivity contribution in [2.75, 3.05) is 6.61 Å². The Bertz CT molecular complexity index is 414. The summed E-state index contributed by atoms with van der Waals surface area (Å²) in [5.41, 5.74) is 0. The number of hydrogen-bond acceptors (Lipinski definition) is 2. The molecule has 0 saturated carbocycles. The van der Waals surface area contributed by atoms with E-state index in [2.05, 4.69) is 11.3 Å². The second-order valence-corrected chi connectivity index (χ2v) is 4.21. The van der Waals surface area contributed by atoms with Gasteiger partial charge in [-0.1, -0.05) is 13.5 Å². The Kier molecular flexibility index (Phi) is 5.96. The highest BCUT2D eigenvalue weighted by Crippen LogP contribution is 2.55. The monoisotopic (exact) mass is 346 g/mol. The van der Waals surface area contributed by atoms with Crippen LogP contribution in [0.5, 0.6) is 0 Å². The van der Waals surface area contributed by atoms with Crippen LogP contribution in [-0.2, 0) is 9.53 Å². The van der Waals surface area contributed by atoms with Gasteiger partial charge < -0.3 is 4.74 Å². The third kappa shape index (κ3) is 3.49. The minimum atomic E-state index is -6.96. The van der Waals surface area contributed by atoms with E-state index in [0.29, 0.717) is 6.08 Å². The fourth-order valence-corrected chi connectivity index (χ4v) is 1.36. The molecule has 0 spiro atoms. The van der Waals surface area contributed by atoms with Crippen LogP contribution >= 0.6 is 0 Å². The number of carbonyl (C=O) groups is 1. The third-order valence-corrected chi connectivity index (χ3v) is 2.77. The van der Waals surface area contributed by atoms with Crippen molar-refractivity contribution < 1.29 is 49.0 Å². The van der Waals surface area contributed by atoms with E-state index in [0.717, 1.165) is 6.92 Å². The maximum absolute atomic E-state index is 13.5. The van der Waals surface area contributed by atoms with E-state index in [1.165, 1.54) is 0 Å². The molecule has 1 atom stereocenters. The number of esters is 1. The van der Waals surface area contributed by atoms with Crippen LogP contribution in [0.2, 0.25) is 0 Å². The highest BCUT2D eigenvalue weighted by Gasteiger charge is 2.82. The van der Waals surface area contributed by atoms with E-state index in [9.17, 15) is 44.3 Å². The van der Waals surface area contributed by atoms with Crippen molar-refractivity contribution >= 4 is 5.97 Å². The summed E-state index contributed by atoms with van der Waals surface area (Å²) < 4.78 is 118. The highest BCUT2D eigenvalue weighted by atomic mass is 19.4. The first-order chi connectivity index (χ1) is 9.66. The van der Waals surface area contributed by atoms with Crippen LogP contribution in [0.25, 0.3) is 0 Å². The number of alkyl halides is 9. The van der Waals surface area contributed by atoms with Gasteiger partial charge in [-0.25, -0.2) is 4.79 Å². The van der Waals surface area contributed by atoms with Gasteiger partial charge in [-0.2, -0.15) is 39.5 Å². The summed E-state index contributed by atoms with van der Waals surface area (Å²) in [6, 6.07) is 0. The predicted octanol–water partition coefficient (Wildman–Crippen LogP) is 4.21. The molecule has 0 saturated heterocycles. The summed E-state index contributed by atoms with van der Waals surface area (Å²) in [4.78, 5) is 10.7. The normalized spacial score (nSPS) is 15.4. The smallest absolute Gasteiger partial charge is 0.460 e. The maximum Gasteiger partial charge on any atom is 0.460 e. The summed E-state index contributed by atoms with van der Waals surface area (Å²) in [6.07, 6.45) is -7.34. The summed E-state index contributed by atoms with van der Waals surface area (Å²) in [7, 11) is 0. The second kappa shape index (κ2) is 6.37. The molecule has 0 aromatic carbocycles. The molecule has 0 fully saturated rings. The van der Waals surface area contributed by atoms with Crippen molar-refractivity contribution in [3.8, 4) is 0 Å². The molecule has 0 aliphatic heterocycles. The van der Waals surface area contributed by atoms with Gasteiger partial charge >= 0.3 is 29.9 Å². The topological polar surface area (TPSA) is 26.3 Å². The van der Waals surface area contributed by atoms with Crippen LogP contribution in [0.15, 0.2) is 12.7 Å². The maximum atomic E-state index is 13.5. The summed E-state index contributed by atoms with van der Waals surface area (Å²) in [5.74, 6) is -23.5. The minimum absolute atomic E-state index is 0.479. The van der Waals surface area contributed by atoms with Crippen molar-refractivity contribution in [3.05, 3.63) is 12.7 Å². The predicted molar refractivity (Wildman–Crippen MR) is 55.8 cm³/mol. The fourth-order valence-electron chi connectivity index (χ4n) is 1.36. The molecule has 22 heavy (non-hydrogen) atoms. The first-order valence-electron chi connectivity index (χ1n) is 5.66. The Morgan fingerprint density at radius 1 is 1.05 bits per heavy atom. The number of hydrogen-bond donors (Lipinski definition) is 0. The average Bonchev–Trinajstić information content (AvgIpc) is 2.36. The molecule has 1 unspecified atom stereocenters. The van der Waals surface area contributed by atoms with E-state index in [4.69, 9.17) is 0 Å². The van der Waals surface area contributed by atoms with Gasteiger partial charge in [-0.3, -0.25) is 0 Å². The van der Waals surface area contributed by atoms with Crippen molar-refractivity contribution in [1.82, 2.24) is 0 Å². The molecule has 0 aliphatic carbocycles. The molecule has 0 bridgehead atoms. The summed E-state index contributed by atoms with van der Waals surface area (Å²) in [6.45, 7) is 2.23. The molecule has 0 rings (SSSR count). The van der Waals surface area contributed by atoms with Crippen LogP contribution < -0.4 is 0 Å². The van der Waals surface area contributed by atoms with Crippen LogP contribution in [0, 0.1) is 5.92 Å². The Hall–Kier alpha value is -1.42. The van der Waals surface area contributed by atoms with Gasteiger partial charge in [0.15, 0.2) is 0 Å². The molecule has 2 nitrogen and oxygen atoms in total. The van der Waals surface area contributed by atoms with Gasteiger partial charge in [0.1, 0.15) is 6.61 Å². The van der Waals surface area contributed by atoms with E-state index in [1.807, 2.05) is 0 Å². The number of ether oxygens (including phenoxy) is 1. The Labute approximate surface area is 118 Å². The van der Waals surface area contributed by atoms with Crippen LogP contribution in [0.4, 0.5) is 39.5 Å². The molecule has 0 N–H and O–H groups in total. The molecule has 0 aromatic heterocycles. The average molecular weight is 346 g/mol. The lowest BCUT2D eigenvalue weighted by atomic mass is 9.90. The van der Waals surface area contributed by atoms with E-state index >= 15 is 0 Å². The van der Waals surface area contributed by atoms with E-state index < -0.39 is 48.9 Å². The number of carbonyl (C=O) groups excluding carboxylic acids is 1. The number of rotatable bonds is 7. The van der Waals surface area contributed by atoms with E-state index in [-0.39, 0.29) is 0 Å². The molecule has 0 aliphatic rings. The zero-order valence-corrected chi connectivity index (χ0v) is 11.0. The Morgan fingerprint density at radius 2 is 1.50 bits per heavy atom. The third-order valence-electron chi connectivity index (χ3n) is 2.77. The standard InChI is InChI=1S/C11H11F9O2/c1-3-6(5-22-7(21)4-2)8(12,13)9(14,15)10(16,17)11(18,19)20/h4,6H,2-3,5H2,1H3. The lowest BCUT2D eigenvalue weighted by molar-refractivity contribution is -0.404. The number of halogens is 9. The SMILES string of the molecule is C=CC(=O)OCC(CC)C(F)(F)C(F)(F)C(F)(F)C(F)(F)F. The zero-order chi connectivity index (χ0) is 18.0. The Balaban J connectivity index is 5.55. The Morgan fingerprint density at radius 3 is 1.82 bits per heavy atom. The van der Waals surface area contributed by atoms with Gasteiger partial charge in [0.2, 0.25) is 0 Å². The van der Waals surface area contributed by atoms with E-state index in [1.54, 1.807) is 0 Å². The molecule has 11 heteroatoms. The quantitative estimate of drug-likeness (QED) is 0.392. The van der Waals surface area contributed by atoms with Crippen molar-refractivity contribution in [2.45, 2.75) is 37.3 Å². The van der Waals surface area contributed by atoms with Gasteiger partial charge in [0, 0.05) is 6.08 Å². The van der Waals surface area contributed by atoms with Crippen LogP contribution in [0.3, 0.4) is 0 Å². The lowest BCUT2D eigenvalue weighted by Gasteiger charge is -2.37. The molecule has 0 radical (unpaired) electrons. The highest BCUT2D eigenvalue weighted by molar-refractivity contribution is 5.81. The van der Waals surface area contributed by atoms with Gasteiger partial charge in [-0.05, 0) is 6.42 Å². The fraction of sp³-hybridized carbons (Fsp3) is 0.727. The largest absolute Gasteiger partial charge is 0.462 e. The first-order valence-corrected chi connectivity index (χ1v) is 5.66. The summed E-state index contributed by atoms with van der Waals surface area (Å²) in [5, 5.41) is 0. The minimum Gasteiger partial charge on any atom is -0.462 e.